The van der Waals surface area contributed by atoms with Gasteiger partial charge in [-0.2, -0.15) is 0 Å². The summed E-state index contributed by atoms with van der Waals surface area (Å²) in [5.74, 6) is 0. The number of rotatable bonds is 1. The highest BCUT2D eigenvalue weighted by Crippen LogP contribution is 2.27. The molecule has 1 aliphatic rings. The van der Waals surface area contributed by atoms with E-state index in [1.807, 2.05) is 6.92 Å². The van der Waals surface area contributed by atoms with Crippen molar-refractivity contribution < 1.29 is 9.84 Å². The third-order valence-corrected chi connectivity index (χ3v) is 2.13. The van der Waals surface area contributed by atoms with Gasteiger partial charge in [-0.1, -0.05) is 0 Å². The number of aliphatic hydroxyl groups excluding tert-OH is 1. The summed E-state index contributed by atoms with van der Waals surface area (Å²) in [5, 5.41) is 9.19. The molecule has 0 aromatic carbocycles. The number of hydrogen-bond acceptors (Lipinski definition) is 2. The summed E-state index contributed by atoms with van der Waals surface area (Å²) in [6, 6.07) is 0. The Labute approximate surface area is 55.8 Å². The van der Waals surface area contributed by atoms with Gasteiger partial charge in [-0.15, -0.1) is 0 Å². The van der Waals surface area contributed by atoms with E-state index >= 15 is 0 Å². The molecule has 0 bridgehead atoms. The molecule has 0 aromatic rings. The summed E-state index contributed by atoms with van der Waals surface area (Å²) in [4.78, 5) is 0. The average molecular weight is 130 g/mol. The van der Waals surface area contributed by atoms with Gasteiger partial charge in [-0.25, -0.2) is 0 Å². The molecule has 2 heteroatoms. The Morgan fingerprint density at radius 2 is 2.33 bits per heavy atom. The zero-order chi connectivity index (χ0) is 6.91. The lowest BCUT2D eigenvalue weighted by Crippen LogP contribution is -2.36. The van der Waals surface area contributed by atoms with Crippen LogP contribution in [0.15, 0.2) is 0 Å². The maximum Gasteiger partial charge on any atom is 0.0910 e. The van der Waals surface area contributed by atoms with Crippen LogP contribution in [0.4, 0.5) is 0 Å². The minimum absolute atomic E-state index is 0.250. The summed E-state index contributed by atoms with van der Waals surface area (Å²) in [5.41, 5.74) is -0.250. The maximum atomic E-state index is 9.19. The van der Waals surface area contributed by atoms with E-state index in [1.54, 1.807) is 6.92 Å². The largest absolute Gasteiger partial charge is 0.390 e. The predicted octanol–water partition coefficient (Wildman–Crippen LogP) is 0.936. The molecule has 0 radical (unpaired) electrons. The van der Waals surface area contributed by atoms with E-state index in [2.05, 4.69) is 0 Å². The van der Waals surface area contributed by atoms with Crippen LogP contribution in [0, 0.1) is 0 Å². The van der Waals surface area contributed by atoms with E-state index in [9.17, 15) is 5.11 Å². The van der Waals surface area contributed by atoms with Gasteiger partial charge in [0, 0.05) is 6.61 Å². The van der Waals surface area contributed by atoms with Crippen LogP contribution in [-0.2, 0) is 4.74 Å². The molecule has 0 unspecified atom stereocenters. The average Bonchev–Trinajstić information content (AvgIpc) is 2.16. The zero-order valence-electron chi connectivity index (χ0n) is 6.05. The van der Waals surface area contributed by atoms with Gasteiger partial charge in [0.15, 0.2) is 0 Å². The Morgan fingerprint density at radius 1 is 1.67 bits per heavy atom. The van der Waals surface area contributed by atoms with Crippen molar-refractivity contribution in [3.05, 3.63) is 0 Å². The van der Waals surface area contributed by atoms with Crippen molar-refractivity contribution in [3.8, 4) is 0 Å². The maximum absolute atomic E-state index is 9.19. The second-order valence-electron chi connectivity index (χ2n) is 2.94. The molecule has 2 nitrogen and oxygen atoms in total. The summed E-state index contributed by atoms with van der Waals surface area (Å²) in [7, 11) is 0. The lowest BCUT2D eigenvalue weighted by Gasteiger charge is -2.25. The number of ether oxygens (including phenoxy) is 1. The third kappa shape index (κ3) is 1.25. The summed E-state index contributed by atoms with van der Waals surface area (Å²) >= 11 is 0. The van der Waals surface area contributed by atoms with Crippen molar-refractivity contribution in [2.75, 3.05) is 6.61 Å². The lowest BCUT2D eigenvalue weighted by molar-refractivity contribution is -0.0691. The first-order valence-corrected chi connectivity index (χ1v) is 3.47. The highest BCUT2D eigenvalue weighted by atomic mass is 16.5. The molecule has 1 fully saturated rings. The first-order valence-electron chi connectivity index (χ1n) is 3.47. The van der Waals surface area contributed by atoms with Gasteiger partial charge in [-0.05, 0) is 26.7 Å². The Kier molecular flexibility index (Phi) is 1.78. The Morgan fingerprint density at radius 3 is 2.56 bits per heavy atom. The molecule has 0 aliphatic carbocycles. The number of aliphatic hydroxyl groups is 1. The first kappa shape index (κ1) is 7.03. The minimum atomic E-state index is -0.333. The highest BCUT2D eigenvalue weighted by Gasteiger charge is 2.34. The van der Waals surface area contributed by atoms with Gasteiger partial charge in [0.25, 0.3) is 0 Å². The number of hydrogen-bond donors (Lipinski definition) is 1. The van der Waals surface area contributed by atoms with Crippen molar-refractivity contribution in [1.82, 2.24) is 0 Å². The van der Waals surface area contributed by atoms with Crippen LogP contribution in [-0.4, -0.2) is 23.4 Å². The monoisotopic (exact) mass is 130 g/mol. The molecule has 54 valence electrons. The Hall–Kier alpha value is -0.0800. The summed E-state index contributed by atoms with van der Waals surface area (Å²) in [6.07, 6.45) is 1.74. The van der Waals surface area contributed by atoms with Crippen molar-refractivity contribution in [2.45, 2.75) is 38.4 Å². The third-order valence-electron chi connectivity index (χ3n) is 2.13. The van der Waals surface area contributed by atoms with Crippen molar-refractivity contribution >= 4 is 0 Å². The van der Waals surface area contributed by atoms with E-state index in [-0.39, 0.29) is 11.7 Å². The predicted molar refractivity (Wildman–Crippen MR) is 35.3 cm³/mol. The van der Waals surface area contributed by atoms with Crippen molar-refractivity contribution in [3.63, 3.8) is 0 Å². The fraction of sp³-hybridized carbons (Fsp3) is 1.00. The van der Waals surface area contributed by atoms with E-state index in [1.165, 1.54) is 0 Å². The van der Waals surface area contributed by atoms with Crippen LogP contribution in [0.1, 0.15) is 26.7 Å². The minimum Gasteiger partial charge on any atom is -0.390 e. The van der Waals surface area contributed by atoms with Crippen molar-refractivity contribution in [1.29, 1.82) is 0 Å². The van der Waals surface area contributed by atoms with Crippen LogP contribution in [0.25, 0.3) is 0 Å². The molecule has 0 aromatic heterocycles. The molecule has 1 aliphatic heterocycles. The second-order valence-corrected chi connectivity index (χ2v) is 2.94. The molecular formula is C7H14O2. The molecule has 0 amide bonds. The van der Waals surface area contributed by atoms with Gasteiger partial charge in [-0.3, -0.25) is 0 Å². The van der Waals surface area contributed by atoms with E-state index in [0.717, 1.165) is 19.4 Å². The Bertz CT molecular complexity index is 93.1. The summed E-state index contributed by atoms with van der Waals surface area (Å²) < 4.78 is 5.35. The standard InChI is InChI=1S/C7H14O2/c1-6(8)7(2)4-3-5-9-7/h6,8H,3-5H2,1-2H3/t6-,7-/m1/s1. The van der Waals surface area contributed by atoms with Gasteiger partial charge < -0.3 is 9.84 Å². The molecule has 9 heavy (non-hydrogen) atoms. The molecule has 1 rings (SSSR count). The quantitative estimate of drug-likeness (QED) is 0.572. The fourth-order valence-electron chi connectivity index (χ4n) is 1.13. The highest BCUT2D eigenvalue weighted by molar-refractivity contribution is 4.84. The smallest absolute Gasteiger partial charge is 0.0910 e. The normalized spacial score (nSPS) is 39.0. The van der Waals surface area contributed by atoms with Gasteiger partial charge in [0.1, 0.15) is 0 Å². The van der Waals surface area contributed by atoms with E-state index in [0.29, 0.717) is 0 Å². The lowest BCUT2D eigenvalue weighted by atomic mass is 9.97. The van der Waals surface area contributed by atoms with Crippen LogP contribution < -0.4 is 0 Å². The molecule has 1 heterocycles. The Balaban J connectivity index is 2.51. The molecule has 0 saturated carbocycles. The second kappa shape index (κ2) is 2.27. The molecule has 2 atom stereocenters. The SMILES string of the molecule is C[C@@H](O)[C@@]1(C)CCCO1. The van der Waals surface area contributed by atoms with Crippen LogP contribution in [0.2, 0.25) is 0 Å². The first-order chi connectivity index (χ1) is 4.15. The van der Waals surface area contributed by atoms with E-state index < -0.39 is 0 Å². The van der Waals surface area contributed by atoms with Crippen molar-refractivity contribution in [2.24, 2.45) is 0 Å². The van der Waals surface area contributed by atoms with Gasteiger partial charge >= 0.3 is 0 Å². The zero-order valence-corrected chi connectivity index (χ0v) is 6.05. The van der Waals surface area contributed by atoms with Gasteiger partial charge in [0.2, 0.25) is 0 Å². The molecule has 0 spiro atoms. The fourth-order valence-corrected chi connectivity index (χ4v) is 1.13. The molecular weight excluding hydrogens is 116 g/mol. The van der Waals surface area contributed by atoms with Gasteiger partial charge in [0.05, 0.1) is 11.7 Å². The van der Waals surface area contributed by atoms with Crippen LogP contribution in [0.3, 0.4) is 0 Å². The van der Waals surface area contributed by atoms with Crippen LogP contribution >= 0.6 is 0 Å². The summed E-state index contributed by atoms with van der Waals surface area (Å²) in [6.45, 7) is 4.55. The van der Waals surface area contributed by atoms with E-state index in [4.69, 9.17) is 4.74 Å². The van der Waals surface area contributed by atoms with Crippen LogP contribution in [0.5, 0.6) is 0 Å². The molecule has 1 N–H and O–H groups in total. The molecule has 1 saturated heterocycles. The topological polar surface area (TPSA) is 29.5 Å².